The Morgan fingerprint density at radius 3 is 2.47 bits per heavy atom. The minimum Gasteiger partial charge on any atom is -0.313 e. The van der Waals surface area contributed by atoms with Crippen molar-refractivity contribution in [1.82, 2.24) is 4.90 Å². The summed E-state index contributed by atoms with van der Waals surface area (Å²) in [7, 11) is 0. The number of hydrogen-bond donors (Lipinski definition) is 0. The van der Waals surface area contributed by atoms with Gasteiger partial charge in [0.2, 0.25) is 0 Å². The number of benzene rings is 2. The van der Waals surface area contributed by atoms with E-state index in [-0.39, 0.29) is 11.4 Å². The van der Waals surface area contributed by atoms with Gasteiger partial charge < -0.3 is 4.90 Å². The first-order chi connectivity index (χ1) is 14.8. The average molecular weight is 393 g/mol. The second-order valence-electron chi connectivity index (χ2n) is 8.68. The average Bonchev–Trinajstić information content (AvgIpc) is 3.12. The first-order valence-electron chi connectivity index (χ1n) is 10.9. The molecular formula is C27H24N2O. The van der Waals surface area contributed by atoms with Gasteiger partial charge in [0, 0.05) is 23.6 Å². The van der Waals surface area contributed by atoms with E-state index in [2.05, 4.69) is 71.6 Å². The molecule has 2 aliphatic carbocycles. The highest BCUT2D eigenvalue weighted by atomic mass is 16.1. The van der Waals surface area contributed by atoms with Crippen molar-refractivity contribution in [1.29, 1.82) is 0 Å². The first kappa shape index (κ1) is 17.6. The van der Waals surface area contributed by atoms with Crippen LogP contribution in [0.3, 0.4) is 0 Å². The zero-order chi connectivity index (χ0) is 20.1. The highest BCUT2D eigenvalue weighted by Crippen LogP contribution is 2.57. The Kier molecular flexibility index (Phi) is 3.92. The molecule has 2 aliphatic heterocycles. The Bertz CT molecular complexity index is 1130. The van der Waals surface area contributed by atoms with Crippen LogP contribution >= 0.6 is 0 Å². The summed E-state index contributed by atoms with van der Waals surface area (Å²) in [6.07, 6.45) is 12.3. The molecule has 0 N–H and O–H groups in total. The van der Waals surface area contributed by atoms with Gasteiger partial charge in [0.15, 0.2) is 5.78 Å². The van der Waals surface area contributed by atoms with Crippen molar-refractivity contribution in [3.63, 3.8) is 0 Å². The standard InChI is InChI=1S/C27H24N2O/c30-21-14-15-24-26(17-21)29-25(20-11-5-2-6-12-20)18-22(19-9-3-1-4-10-19)23-13-7-8-16-27(23,29)28-24/h1-6,9-12,14-15,17-18,22-23H,7-8,13,16H2/t22-,23-,27-/m0/s1. The molecule has 1 saturated carbocycles. The van der Waals surface area contributed by atoms with Gasteiger partial charge in [-0.25, -0.2) is 0 Å². The van der Waals surface area contributed by atoms with Gasteiger partial charge in [0.25, 0.3) is 0 Å². The fraction of sp³-hybridized carbons (Fsp3) is 0.259. The van der Waals surface area contributed by atoms with E-state index in [1.807, 2.05) is 6.08 Å². The molecule has 3 heteroatoms. The number of ketones is 1. The van der Waals surface area contributed by atoms with Gasteiger partial charge >= 0.3 is 0 Å². The number of aliphatic imine (C=N–C) groups is 1. The van der Waals surface area contributed by atoms with Gasteiger partial charge in [-0.1, -0.05) is 73.2 Å². The number of allylic oxidation sites excluding steroid dienone is 4. The minimum atomic E-state index is -0.311. The maximum atomic E-state index is 12.3. The van der Waals surface area contributed by atoms with E-state index in [4.69, 9.17) is 4.99 Å². The third-order valence-electron chi connectivity index (χ3n) is 7.06. The Hall–Kier alpha value is -3.20. The zero-order valence-corrected chi connectivity index (χ0v) is 16.9. The predicted molar refractivity (Wildman–Crippen MR) is 120 cm³/mol. The summed E-state index contributed by atoms with van der Waals surface area (Å²) in [5, 5.41) is 0. The Balaban J connectivity index is 1.61. The number of rotatable bonds is 2. The van der Waals surface area contributed by atoms with Crippen molar-refractivity contribution in [3.05, 3.63) is 102 Å². The molecule has 6 rings (SSSR count). The summed E-state index contributed by atoms with van der Waals surface area (Å²) in [5.41, 5.74) is 5.33. The van der Waals surface area contributed by atoms with E-state index >= 15 is 0 Å². The summed E-state index contributed by atoms with van der Waals surface area (Å²) in [4.78, 5) is 20.1. The highest BCUT2D eigenvalue weighted by Gasteiger charge is 2.56. The van der Waals surface area contributed by atoms with E-state index in [1.165, 1.54) is 23.2 Å². The number of carbonyl (C=O) groups excluding carboxylic acids is 1. The number of fused-ring (bicyclic) bond motifs is 2. The number of carbonyl (C=O) groups is 1. The number of nitrogens with zero attached hydrogens (tertiary/aromatic N) is 2. The third kappa shape index (κ3) is 2.51. The molecule has 2 aromatic carbocycles. The van der Waals surface area contributed by atoms with Gasteiger partial charge in [-0.3, -0.25) is 9.79 Å². The van der Waals surface area contributed by atoms with Crippen LogP contribution in [-0.4, -0.2) is 22.1 Å². The molecule has 30 heavy (non-hydrogen) atoms. The van der Waals surface area contributed by atoms with Crippen molar-refractivity contribution in [2.24, 2.45) is 10.9 Å². The maximum absolute atomic E-state index is 12.3. The largest absolute Gasteiger partial charge is 0.313 e. The molecule has 3 nitrogen and oxygen atoms in total. The summed E-state index contributed by atoms with van der Waals surface area (Å²) < 4.78 is 0. The van der Waals surface area contributed by atoms with Gasteiger partial charge in [0.1, 0.15) is 5.66 Å². The molecule has 1 fully saturated rings. The van der Waals surface area contributed by atoms with Gasteiger partial charge in [-0.05, 0) is 42.5 Å². The quantitative estimate of drug-likeness (QED) is 0.633. The normalized spacial score (nSPS) is 29.4. The lowest BCUT2D eigenvalue weighted by Crippen LogP contribution is -2.54. The van der Waals surface area contributed by atoms with E-state index < -0.39 is 0 Å². The van der Waals surface area contributed by atoms with Gasteiger partial charge in [0.05, 0.1) is 11.4 Å². The third-order valence-corrected chi connectivity index (χ3v) is 7.06. The van der Waals surface area contributed by atoms with Crippen LogP contribution in [0.15, 0.2) is 95.7 Å². The topological polar surface area (TPSA) is 32.7 Å². The van der Waals surface area contributed by atoms with E-state index in [0.29, 0.717) is 11.8 Å². The van der Waals surface area contributed by atoms with Crippen LogP contribution < -0.4 is 0 Å². The SMILES string of the molecule is O=C1C=CC2=N[C@]34CCCC[C@H]3[C@H](c3ccccc3)C=C(c3ccccc3)N4C2=C1. The van der Waals surface area contributed by atoms with E-state index in [9.17, 15) is 4.79 Å². The molecule has 148 valence electrons. The molecule has 0 aromatic heterocycles. The summed E-state index contributed by atoms with van der Waals surface area (Å²) in [6.45, 7) is 0. The van der Waals surface area contributed by atoms with Crippen molar-refractivity contribution in [2.75, 3.05) is 0 Å². The molecule has 0 bridgehead atoms. The molecule has 0 amide bonds. The fourth-order valence-electron chi connectivity index (χ4n) is 5.83. The fourth-order valence-corrected chi connectivity index (χ4v) is 5.83. The van der Waals surface area contributed by atoms with E-state index in [1.54, 1.807) is 12.2 Å². The van der Waals surface area contributed by atoms with Crippen LogP contribution in [0, 0.1) is 5.92 Å². The van der Waals surface area contributed by atoms with E-state index in [0.717, 1.165) is 30.7 Å². The Morgan fingerprint density at radius 2 is 1.67 bits per heavy atom. The lowest BCUT2D eigenvalue weighted by molar-refractivity contribution is -0.110. The second-order valence-corrected chi connectivity index (χ2v) is 8.68. The van der Waals surface area contributed by atoms with Crippen LogP contribution in [0.4, 0.5) is 0 Å². The molecule has 2 aromatic rings. The molecule has 0 saturated heterocycles. The van der Waals surface area contributed by atoms with Crippen LogP contribution in [0.1, 0.15) is 42.7 Å². The molecule has 4 aliphatic rings. The predicted octanol–water partition coefficient (Wildman–Crippen LogP) is 5.49. The van der Waals surface area contributed by atoms with Gasteiger partial charge in [-0.15, -0.1) is 0 Å². The highest BCUT2D eigenvalue weighted by molar-refractivity contribution is 6.21. The smallest absolute Gasteiger partial charge is 0.180 e. The molecule has 3 atom stereocenters. The minimum absolute atomic E-state index is 0.0472. The molecule has 1 spiro atoms. The number of hydrogen-bond acceptors (Lipinski definition) is 3. The van der Waals surface area contributed by atoms with Crippen molar-refractivity contribution in [3.8, 4) is 0 Å². The van der Waals surface area contributed by atoms with Crippen LogP contribution in [-0.2, 0) is 4.79 Å². The lowest BCUT2D eigenvalue weighted by Gasteiger charge is -2.53. The molecular weight excluding hydrogens is 368 g/mol. The molecule has 2 heterocycles. The lowest BCUT2D eigenvalue weighted by atomic mass is 9.66. The molecule has 0 radical (unpaired) electrons. The summed E-state index contributed by atoms with van der Waals surface area (Å²) >= 11 is 0. The van der Waals surface area contributed by atoms with Crippen molar-refractivity contribution >= 4 is 17.2 Å². The monoisotopic (exact) mass is 392 g/mol. The Labute approximate surface area is 177 Å². The van der Waals surface area contributed by atoms with Gasteiger partial charge in [-0.2, -0.15) is 0 Å². The summed E-state index contributed by atoms with van der Waals surface area (Å²) in [6, 6.07) is 21.4. The first-order valence-corrected chi connectivity index (χ1v) is 10.9. The zero-order valence-electron chi connectivity index (χ0n) is 16.9. The van der Waals surface area contributed by atoms with Crippen molar-refractivity contribution in [2.45, 2.75) is 37.3 Å². The maximum Gasteiger partial charge on any atom is 0.180 e. The van der Waals surface area contributed by atoms with Crippen molar-refractivity contribution < 1.29 is 4.79 Å². The van der Waals surface area contributed by atoms with Crippen LogP contribution in [0.25, 0.3) is 5.70 Å². The van der Waals surface area contributed by atoms with Crippen LogP contribution in [0.2, 0.25) is 0 Å². The van der Waals surface area contributed by atoms with Crippen LogP contribution in [0.5, 0.6) is 0 Å². The Morgan fingerprint density at radius 1 is 0.900 bits per heavy atom. The molecule has 0 unspecified atom stereocenters. The second kappa shape index (κ2) is 6.66. The summed E-state index contributed by atoms with van der Waals surface area (Å²) in [5.74, 6) is 0.748.